The van der Waals surface area contributed by atoms with Crippen LogP contribution in [-0.2, 0) is 21.4 Å². The minimum Gasteiger partial charge on any atom is -0.335 e. The van der Waals surface area contributed by atoms with Gasteiger partial charge in [-0.2, -0.15) is 4.31 Å². The molecule has 4 rings (SSSR count). The molecular formula is C23H28N4O3S. The molecule has 0 bridgehead atoms. The molecule has 1 amide bonds. The number of hydrogen-bond acceptors (Lipinski definition) is 4. The van der Waals surface area contributed by atoms with Gasteiger partial charge in [-0.15, -0.1) is 0 Å². The third-order valence-corrected chi connectivity index (χ3v) is 7.79. The van der Waals surface area contributed by atoms with E-state index in [2.05, 4.69) is 23.2 Å². The van der Waals surface area contributed by atoms with Gasteiger partial charge in [0.1, 0.15) is 6.54 Å². The molecule has 0 spiro atoms. The van der Waals surface area contributed by atoms with Gasteiger partial charge < -0.3 is 14.8 Å². The van der Waals surface area contributed by atoms with E-state index in [0.717, 1.165) is 36.2 Å². The van der Waals surface area contributed by atoms with Crippen LogP contribution in [0.3, 0.4) is 0 Å². The van der Waals surface area contributed by atoms with Gasteiger partial charge in [0.2, 0.25) is 15.9 Å². The van der Waals surface area contributed by atoms with Gasteiger partial charge in [0.25, 0.3) is 0 Å². The predicted molar refractivity (Wildman–Crippen MR) is 123 cm³/mol. The maximum Gasteiger partial charge on any atom is 0.244 e. The topological polar surface area (TPSA) is 74.7 Å². The molecule has 1 aliphatic heterocycles. The van der Waals surface area contributed by atoms with E-state index < -0.39 is 10.0 Å². The summed E-state index contributed by atoms with van der Waals surface area (Å²) in [6.07, 6.45) is 0. The van der Waals surface area contributed by atoms with Crippen molar-refractivity contribution in [3.63, 3.8) is 0 Å². The van der Waals surface area contributed by atoms with Crippen LogP contribution >= 0.6 is 0 Å². The molecule has 1 fully saturated rings. The number of para-hydroxylation sites is 1. The van der Waals surface area contributed by atoms with Gasteiger partial charge in [0, 0.05) is 43.1 Å². The van der Waals surface area contributed by atoms with E-state index in [1.807, 2.05) is 35.8 Å². The van der Waals surface area contributed by atoms with Crippen LogP contribution in [0.25, 0.3) is 10.9 Å². The van der Waals surface area contributed by atoms with Crippen molar-refractivity contribution < 1.29 is 13.2 Å². The first-order valence-electron chi connectivity index (χ1n) is 10.6. The molecule has 2 aromatic carbocycles. The van der Waals surface area contributed by atoms with Gasteiger partial charge in [0.15, 0.2) is 0 Å². The molecule has 0 unspecified atom stereocenters. The van der Waals surface area contributed by atoms with E-state index in [4.69, 9.17) is 0 Å². The zero-order chi connectivity index (χ0) is 22.0. The normalized spacial score (nSPS) is 15.9. The maximum atomic E-state index is 12.9. The van der Waals surface area contributed by atoms with Gasteiger partial charge in [-0.3, -0.25) is 4.79 Å². The van der Waals surface area contributed by atoms with Crippen LogP contribution in [0.15, 0.2) is 59.5 Å². The average Bonchev–Trinajstić information content (AvgIpc) is 3.09. The number of anilines is 1. The summed E-state index contributed by atoms with van der Waals surface area (Å²) >= 11 is 0. The summed E-state index contributed by atoms with van der Waals surface area (Å²) in [5, 5.41) is 3.97. The Labute approximate surface area is 183 Å². The van der Waals surface area contributed by atoms with Gasteiger partial charge >= 0.3 is 0 Å². The van der Waals surface area contributed by atoms with Crippen molar-refractivity contribution >= 4 is 32.5 Å². The number of aryl methyl sites for hydroxylation is 1. The van der Waals surface area contributed by atoms with Crippen molar-refractivity contribution in [2.24, 2.45) is 0 Å². The molecule has 31 heavy (non-hydrogen) atoms. The Bertz CT molecular complexity index is 1180. The van der Waals surface area contributed by atoms with Crippen molar-refractivity contribution in [1.82, 2.24) is 13.8 Å². The van der Waals surface area contributed by atoms with E-state index in [0.29, 0.717) is 18.8 Å². The molecule has 7 nitrogen and oxygen atoms in total. The highest BCUT2D eigenvalue weighted by Gasteiger charge is 2.27. The lowest BCUT2D eigenvalue weighted by Gasteiger charge is -2.33. The summed E-state index contributed by atoms with van der Waals surface area (Å²) in [4.78, 5) is 15.1. The largest absolute Gasteiger partial charge is 0.335 e. The maximum absolute atomic E-state index is 12.9. The minimum absolute atomic E-state index is 0.157. The molecule has 2 heterocycles. The van der Waals surface area contributed by atoms with Crippen molar-refractivity contribution in [3.8, 4) is 0 Å². The van der Waals surface area contributed by atoms with Crippen LogP contribution < -0.4 is 5.32 Å². The Balaban J connectivity index is 1.42. The molecule has 3 aromatic rings. The van der Waals surface area contributed by atoms with Crippen molar-refractivity contribution in [2.75, 3.05) is 38.0 Å². The van der Waals surface area contributed by atoms with Crippen LogP contribution in [0.4, 0.5) is 5.69 Å². The minimum atomic E-state index is -3.52. The molecule has 0 radical (unpaired) electrons. The average molecular weight is 441 g/mol. The second-order valence-electron chi connectivity index (χ2n) is 7.84. The Morgan fingerprint density at radius 3 is 2.35 bits per heavy atom. The smallest absolute Gasteiger partial charge is 0.244 e. The molecule has 0 atom stereocenters. The number of nitrogens with zero attached hydrogens (tertiary/aromatic N) is 3. The Kier molecular flexibility index (Phi) is 6.13. The summed E-state index contributed by atoms with van der Waals surface area (Å²) in [5.41, 5.74) is 2.61. The first-order chi connectivity index (χ1) is 14.9. The predicted octanol–water partition coefficient (Wildman–Crippen LogP) is 2.91. The van der Waals surface area contributed by atoms with Crippen LogP contribution in [0, 0.1) is 6.92 Å². The molecule has 1 N–H and O–H groups in total. The van der Waals surface area contributed by atoms with E-state index in [-0.39, 0.29) is 17.3 Å². The Morgan fingerprint density at radius 2 is 1.68 bits per heavy atom. The standard InChI is InChI=1S/C23H28N4O3S/c1-3-25-12-14-26(15-13-25)31(29,30)21-10-8-20(9-11-21)24-23(28)17-27-18(2)16-19-6-4-5-7-22(19)27/h4-11,16H,3,12-15,17H2,1-2H3,(H,24,28). The molecule has 0 saturated carbocycles. The molecule has 1 aliphatic rings. The number of sulfonamides is 1. The van der Waals surface area contributed by atoms with Crippen LogP contribution in [0.5, 0.6) is 0 Å². The second kappa shape index (κ2) is 8.82. The number of benzene rings is 2. The molecule has 1 aromatic heterocycles. The summed E-state index contributed by atoms with van der Waals surface area (Å²) in [7, 11) is -3.52. The summed E-state index contributed by atoms with van der Waals surface area (Å²) in [5.74, 6) is -0.157. The van der Waals surface area contributed by atoms with Crippen molar-refractivity contribution in [3.05, 3.63) is 60.3 Å². The number of fused-ring (bicyclic) bond motifs is 1. The highest BCUT2D eigenvalue weighted by atomic mass is 32.2. The van der Waals surface area contributed by atoms with Gasteiger partial charge in [-0.05, 0) is 55.3 Å². The number of carbonyl (C=O) groups excluding carboxylic acids is 1. The number of piperazine rings is 1. The first-order valence-corrected chi connectivity index (χ1v) is 12.0. The lowest BCUT2D eigenvalue weighted by molar-refractivity contribution is -0.116. The summed E-state index contributed by atoms with van der Waals surface area (Å²) < 4.78 is 29.3. The van der Waals surface area contributed by atoms with Crippen LogP contribution in [0.2, 0.25) is 0 Å². The fraction of sp³-hybridized carbons (Fsp3) is 0.348. The third kappa shape index (κ3) is 4.51. The second-order valence-corrected chi connectivity index (χ2v) is 9.78. The molecule has 164 valence electrons. The zero-order valence-electron chi connectivity index (χ0n) is 17.9. The van der Waals surface area contributed by atoms with Gasteiger partial charge in [-0.1, -0.05) is 25.1 Å². The fourth-order valence-electron chi connectivity index (χ4n) is 4.05. The van der Waals surface area contributed by atoms with Crippen molar-refractivity contribution in [1.29, 1.82) is 0 Å². The number of aromatic nitrogens is 1. The molecular weight excluding hydrogens is 412 g/mol. The number of carbonyl (C=O) groups is 1. The summed E-state index contributed by atoms with van der Waals surface area (Å²) in [6, 6.07) is 16.4. The Hall–Kier alpha value is -2.68. The lowest BCUT2D eigenvalue weighted by Crippen LogP contribution is -2.48. The molecule has 0 aliphatic carbocycles. The van der Waals surface area contributed by atoms with Crippen LogP contribution in [0.1, 0.15) is 12.6 Å². The highest BCUT2D eigenvalue weighted by Crippen LogP contribution is 2.21. The monoisotopic (exact) mass is 440 g/mol. The molecule has 8 heteroatoms. The summed E-state index contributed by atoms with van der Waals surface area (Å²) in [6.45, 7) is 7.68. The van der Waals surface area contributed by atoms with E-state index in [9.17, 15) is 13.2 Å². The van der Waals surface area contributed by atoms with E-state index >= 15 is 0 Å². The third-order valence-electron chi connectivity index (χ3n) is 5.87. The number of nitrogens with one attached hydrogen (secondary N) is 1. The SMILES string of the molecule is CCN1CCN(S(=O)(=O)c2ccc(NC(=O)Cn3c(C)cc4ccccc43)cc2)CC1. The fourth-order valence-corrected chi connectivity index (χ4v) is 5.47. The van der Waals surface area contributed by atoms with Gasteiger partial charge in [0.05, 0.1) is 4.90 Å². The van der Waals surface area contributed by atoms with Gasteiger partial charge in [-0.25, -0.2) is 8.42 Å². The zero-order valence-corrected chi connectivity index (χ0v) is 18.7. The quantitative estimate of drug-likeness (QED) is 0.640. The number of amides is 1. The number of likely N-dealkylation sites (N-methyl/N-ethyl adjacent to an activating group) is 1. The highest BCUT2D eigenvalue weighted by molar-refractivity contribution is 7.89. The van der Waals surface area contributed by atoms with Crippen molar-refractivity contribution in [2.45, 2.75) is 25.3 Å². The Morgan fingerprint density at radius 1 is 1.00 bits per heavy atom. The van der Waals surface area contributed by atoms with E-state index in [1.165, 1.54) is 4.31 Å². The first kappa shape index (κ1) is 21.5. The van der Waals surface area contributed by atoms with E-state index in [1.54, 1.807) is 24.3 Å². The number of hydrogen-bond donors (Lipinski definition) is 1. The number of rotatable bonds is 6. The molecule has 1 saturated heterocycles. The van der Waals surface area contributed by atoms with Crippen LogP contribution in [-0.4, -0.2) is 60.8 Å². The lowest BCUT2D eigenvalue weighted by atomic mass is 10.2.